The third-order valence-corrected chi connectivity index (χ3v) is 3.46. The minimum Gasteiger partial charge on any atom is -0.380 e. The maximum atomic E-state index is 12.3. The second-order valence-electron chi connectivity index (χ2n) is 5.13. The summed E-state index contributed by atoms with van der Waals surface area (Å²) in [4.78, 5) is 14.3. The molecule has 1 aromatic carbocycles. The van der Waals surface area contributed by atoms with Crippen LogP contribution in [0.2, 0.25) is 0 Å². The number of likely N-dealkylation sites (tertiary alicyclic amines) is 1. The molecule has 0 aromatic heterocycles. The second kappa shape index (κ2) is 6.01. The Hall–Kier alpha value is -1.35. The topological polar surface area (TPSA) is 29.5 Å². The second-order valence-corrected chi connectivity index (χ2v) is 5.13. The van der Waals surface area contributed by atoms with Crippen molar-refractivity contribution < 1.29 is 9.53 Å². The number of amides is 1. The number of methoxy groups -OCH3 is 1. The molecule has 1 aromatic rings. The predicted molar refractivity (Wildman–Crippen MR) is 71.5 cm³/mol. The van der Waals surface area contributed by atoms with E-state index in [1.165, 1.54) is 6.42 Å². The third kappa shape index (κ3) is 3.10. The molecular formula is C15H21NO2. The van der Waals surface area contributed by atoms with Gasteiger partial charge in [0.2, 0.25) is 0 Å². The Morgan fingerprint density at radius 3 is 2.72 bits per heavy atom. The van der Waals surface area contributed by atoms with Gasteiger partial charge in [-0.15, -0.1) is 0 Å². The van der Waals surface area contributed by atoms with E-state index in [1.807, 2.05) is 29.2 Å². The summed E-state index contributed by atoms with van der Waals surface area (Å²) in [6, 6.07) is 7.72. The third-order valence-electron chi connectivity index (χ3n) is 3.46. The van der Waals surface area contributed by atoms with Gasteiger partial charge in [0.25, 0.3) is 5.91 Å². The van der Waals surface area contributed by atoms with E-state index in [0.717, 1.165) is 30.6 Å². The van der Waals surface area contributed by atoms with Crippen LogP contribution in [0.1, 0.15) is 35.7 Å². The SMILES string of the molecule is COCc1ccc(C(=O)N2CCCC(C)C2)cc1. The highest BCUT2D eigenvalue weighted by Crippen LogP contribution is 2.18. The van der Waals surface area contributed by atoms with Gasteiger partial charge in [0, 0.05) is 25.8 Å². The molecule has 0 bridgehead atoms. The minimum atomic E-state index is 0.158. The minimum absolute atomic E-state index is 0.158. The molecule has 1 atom stereocenters. The number of benzene rings is 1. The highest BCUT2D eigenvalue weighted by molar-refractivity contribution is 5.94. The zero-order chi connectivity index (χ0) is 13.0. The zero-order valence-electron chi connectivity index (χ0n) is 11.2. The van der Waals surface area contributed by atoms with Gasteiger partial charge >= 0.3 is 0 Å². The van der Waals surface area contributed by atoms with Crippen LogP contribution in [0.5, 0.6) is 0 Å². The molecule has 3 nitrogen and oxygen atoms in total. The van der Waals surface area contributed by atoms with Crippen molar-refractivity contribution in [1.82, 2.24) is 4.90 Å². The van der Waals surface area contributed by atoms with E-state index in [2.05, 4.69) is 6.92 Å². The van der Waals surface area contributed by atoms with Crippen molar-refractivity contribution in [3.8, 4) is 0 Å². The van der Waals surface area contributed by atoms with Crippen LogP contribution in [0.15, 0.2) is 24.3 Å². The van der Waals surface area contributed by atoms with E-state index in [-0.39, 0.29) is 5.91 Å². The summed E-state index contributed by atoms with van der Waals surface area (Å²) in [5.74, 6) is 0.779. The number of carbonyl (C=O) groups excluding carboxylic acids is 1. The Balaban J connectivity index is 2.03. The largest absolute Gasteiger partial charge is 0.380 e. The van der Waals surface area contributed by atoms with Crippen molar-refractivity contribution in [2.24, 2.45) is 5.92 Å². The van der Waals surface area contributed by atoms with Gasteiger partial charge < -0.3 is 9.64 Å². The first kappa shape index (κ1) is 13.1. The summed E-state index contributed by atoms with van der Waals surface area (Å²) >= 11 is 0. The van der Waals surface area contributed by atoms with E-state index < -0.39 is 0 Å². The summed E-state index contributed by atoms with van der Waals surface area (Å²) < 4.78 is 5.06. The number of carbonyl (C=O) groups is 1. The van der Waals surface area contributed by atoms with E-state index in [0.29, 0.717) is 12.5 Å². The van der Waals surface area contributed by atoms with Crippen LogP contribution in [0.25, 0.3) is 0 Å². The highest BCUT2D eigenvalue weighted by atomic mass is 16.5. The molecule has 1 heterocycles. The van der Waals surface area contributed by atoms with Crippen LogP contribution in [-0.4, -0.2) is 31.0 Å². The smallest absolute Gasteiger partial charge is 0.253 e. The van der Waals surface area contributed by atoms with Crippen LogP contribution in [-0.2, 0) is 11.3 Å². The van der Waals surface area contributed by atoms with Gasteiger partial charge in [-0.25, -0.2) is 0 Å². The normalized spacial score (nSPS) is 19.9. The lowest BCUT2D eigenvalue weighted by Gasteiger charge is -2.31. The number of hydrogen-bond donors (Lipinski definition) is 0. The van der Waals surface area contributed by atoms with Crippen LogP contribution in [0.3, 0.4) is 0 Å². The summed E-state index contributed by atoms with van der Waals surface area (Å²) in [7, 11) is 1.67. The van der Waals surface area contributed by atoms with Gasteiger partial charge in [0.05, 0.1) is 6.61 Å². The van der Waals surface area contributed by atoms with Crippen molar-refractivity contribution in [3.05, 3.63) is 35.4 Å². The lowest BCUT2D eigenvalue weighted by atomic mass is 9.99. The maximum absolute atomic E-state index is 12.3. The predicted octanol–water partition coefficient (Wildman–Crippen LogP) is 2.71. The van der Waals surface area contributed by atoms with E-state index in [4.69, 9.17) is 4.74 Å². The molecule has 18 heavy (non-hydrogen) atoms. The van der Waals surface area contributed by atoms with E-state index in [1.54, 1.807) is 7.11 Å². The quantitative estimate of drug-likeness (QED) is 0.822. The van der Waals surface area contributed by atoms with Crippen LogP contribution < -0.4 is 0 Å². The average molecular weight is 247 g/mol. The Morgan fingerprint density at radius 1 is 1.39 bits per heavy atom. The Morgan fingerprint density at radius 2 is 2.11 bits per heavy atom. The van der Waals surface area contributed by atoms with Crippen molar-refractivity contribution in [3.63, 3.8) is 0 Å². The average Bonchev–Trinajstić information content (AvgIpc) is 2.39. The molecular weight excluding hydrogens is 226 g/mol. The lowest BCUT2D eigenvalue weighted by Crippen LogP contribution is -2.39. The van der Waals surface area contributed by atoms with Crippen molar-refractivity contribution in [1.29, 1.82) is 0 Å². The monoisotopic (exact) mass is 247 g/mol. The van der Waals surface area contributed by atoms with E-state index >= 15 is 0 Å². The van der Waals surface area contributed by atoms with Gasteiger partial charge in [-0.2, -0.15) is 0 Å². The van der Waals surface area contributed by atoms with Gasteiger partial charge in [-0.1, -0.05) is 19.1 Å². The first-order chi connectivity index (χ1) is 8.70. The number of rotatable bonds is 3. The number of nitrogens with zero attached hydrogens (tertiary/aromatic N) is 1. The van der Waals surface area contributed by atoms with Crippen molar-refractivity contribution >= 4 is 5.91 Å². The first-order valence-corrected chi connectivity index (χ1v) is 6.58. The van der Waals surface area contributed by atoms with Crippen LogP contribution >= 0.6 is 0 Å². The molecule has 0 saturated carbocycles. The molecule has 1 saturated heterocycles. The van der Waals surface area contributed by atoms with Gasteiger partial charge in [0.1, 0.15) is 0 Å². The highest BCUT2D eigenvalue weighted by Gasteiger charge is 2.21. The van der Waals surface area contributed by atoms with Crippen molar-refractivity contribution in [2.45, 2.75) is 26.4 Å². The molecule has 1 unspecified atom stereocenters. The fourth-order valence-electron chi connectivity index (χ4n) is 2.47. The molecule has 98 valence electrons. The number of ether oxygens (including phenoxy) is 1. The fourth-order valence-corrected chi connectivity index (χ4v) is 2.47. The van der Waals surface area contributed by atoms with Crippen LogP contribution in [0.4, 0.5) is 0 Å². The molecule has 1 fully saturated rings. The molecule has 2 rings (SSSR count). The van der Waals surface area contributed by atoms with Crippen LogP contribution in [0, 0.1) is 5.92 Å². The molecule has 0 radical (unpaired) electrons. The molecule has 1 aliphatic rings. The Bertz CT molecular complexity index is 399. The standard InChI is InChI=1S/C15H21NO2/c1-12-4-3-9-16(10-12)15(17)14-7-5-13(6-8-14)11-18-2/h5-8,12H,3-4,9-11H2,1-2H3. The molecule has 1 amide bonds. The number of hydrogen-bond acceptors (Lipinski definition) is 2. The van der Waals surface area contributed by atoms with E-state index in [9.17, 15) is 4.79 Å². The Labute approximate surface area is 109 Å². The number of piperidine rings is 1. The summed E-state index contributed by atoms with van der Waals surface area (Å²) in [6.07, 6.45) is 2.35. The fraction of sp³-hybridized carbons (Fsp3) is 0.533. The first-order valence-electron chi connectivity index (χ1n) is 6.58. The molecule has 1 aliphatic heterocycles. The maximum Gasteiger partial charge on any atom is 0.253 e. The summed E-state index contributed by atoms with van der Waals surface area (Å²) in [5.41, 5.74) is 1.88. The molecule has 3 heteroatoms. The van der Waals surface area contributed by atoms with Gasteiger partial charge in [-0.3, -0.25) is 4.79 Å². The molecule has 0 spiro atoms. The molecule has 0 N–H and O–H groups in total. The van der Waals surface area contributed by atoms with Gasteiger partial charge in [0.15, 0.2) is 0 Å². The lowest BCUT2D eigenvalue weighted by molar-refractivity contribution is 0.0683. The summed E-state index contributed by atoms with van der Waals surface area (Å²) in [5, 5.41) is 0. The van der Waals surface area contributed by atoms with Gasteiger partial charge in [-0.05, 0) is 36.5 Å². The molecule has 0 aliphatic carbocycles. The zero-order valence-corrected chi connectivity index (χ0v) is 11.2. The van der Waals surface area contributed by atoms with Crippen molar-refractivity contribution in [2.75, 3.05) is 20.2 Å². The summed E-state index contributed by atoms with van der Waals surface area (Å²) in [6.45, 7) is 4.58. The Kier molecular flexibility index (Phi) is 4.37.